The molecule has 8 heteroatoms. The van der Waals surface area contributed by atoms with E-state index in [-0.39, 0.29) is 6.61 Å². The van der Waals surface area contributed by atoms with Crippen LogP contribution in [0, 0.1) is 0 Å². The van der Waals surface area contributed by atoms with Crippen molar-refractivity contribution >= 4 is 61.5 Å². The second-order valence-corrected chi connectivity index (χ2v) is 7.74. The van der Waals surface area contributed by atoms with Crippen LogP contribution in [0.5, 0.6) is 5.75 Å². The van der Waals surface area contributed by atoms with Gasteiger partial charge < -0.3 is 14.8 Å². The summed E-state index contributed by atoms with van der Waals surface area (Å²) in [5, 5.41) is 4.70. The first kappa shape index (κ1) is 20.5. The molecule has 1 N–H and O–H groups in total. The van der Waals surface area contributed by atoms with Crippen LogP contribution in [-0.4, -0.2) is 24.6 Å². The highest BCUT2D eigenvalue weighted by Gasteiger charge is 2.24. The van der Waals surface area contributed by atoms with Gasteiger partial charge in [0.2, 0.25) is 0 Å². The van der Waals surface area contributed by atoms with Crippen molar-refractivity contribution in [3.63, 3.8) is 0 Å². The van der Waals surface area contributed by atoms with Crippen molar-refractivity contribution in [2.75, 3.05) is 11.9 Å². The Morgan fingerprint density at radius 3 is 2.64 bits per heavy atom. The summed E-state index contributed by atoms with van der Waals surface area (Å²) < 4.78 is 11.7. The number of esters is 1. The largest absolute Gasteiger partial charge is 0.479 e. The van der Waals surface area contributed by atoms with E-state index in [4.69, 9.17) is 32.7 Å². The Bertz CT molecular complexity index is 1030. The fourth-order valence-electron chi connectivity index (χ4n) is 2.57. The third-order valence-corrected chi connectivity index (χ3v) is 5.50. The van der Waals surface area contributed by atoms with Crippen LogP contribution in [0.4, 0.5) is 5.00 Å². The number of thiophene rings is 1. The van der Waals surface area contributed by atoms with Crippen molar-refractivity contribution in [3.8, 4) is 5.75 Å². The summed E-state index contributed by atoms with van der Waals surface area (Å²) in [6.07, 6.45) is -0.848. The average molecular weight is 438 g/mol. The maximum Gasteiger partial charge on any atom is 0.341 e. The Balaban J connectivity index is 1.84. The maximum absolute atomic E-state index is 12.7. The number of fused-ring (bicyclic) bond motifs is 1. The molecule has 3 aromatic rings. The second kappa shape index (κ2) is 8.82. The smallest absolute Gasteiger partial charge is 0.341 e. The van der Waals surface area contributed by atoms with E-state index in [2.05, 4.69) is 5.32 Å². The van der Waals surface area contributed by atoms with Gasteiger partial charge in [-0.3, -0.25) is 4.79 Å². The van der Waals surface area contributed by atoms with Crippen molar-refractivity contribution < 1.29 is 19.1 Å². The van der Waals surface area contributed by atoms with E-state index in [0.29, 0.717) is 26.4 Å². The molecule has 3 rings (SSSR count). The molecule has 0 spiro atoms. The lowest BCUT2D eigenvalue weighted by atomic mass is 10.1. The summed E-state index contributed by atoms with van der Waals surface area (Å²) >= 11 is 13.3. The monoisotopic (exact) mass is 437 g/mol. The van der Waals surface area contributed by atoms with Gasteiger partial charge in [-0.15, -0.1) is 11.3 Å². The van der Waals surface area contributed by atoms with E-state index in [1.807, 2.05) is 24.3 Å². The molecule has 0 saturated heterocycles. The zero-order valence-electron chi connectivity index (χ0n) is 15.1. The van der Waals surface area contributed by atoms with E-state index >= 15 is 0 Å². The lowest BCUT2D eigenvalue weighted by Crippen LogP contribution is -2.30. The highest BCUT2D eigenvalue weighted by Crippen LogP contribution is 2.36. The molecule has 0 aliphatic heterocycles. The number of hydrogen-bond donors (Lipinski definition) is 1. The van der Waals surface area contributed by atoms with E-state index in [1.54, 1.807) is 26.0 Å². The minimum Gasteiger partial charge on any atom is -0.479 e. The van der Waals surface area contributed by atoms with Crippen LogP contribution >= 0.6 is 34.5 Å². The zero-order valence-corrected chi connectivity index (χ0v) is 17.5. The molecule has 1 aromatic heterocycles. The molecule has 28 heavy (non-hydrogen) atoms. The van der Waals surface area contributed by atoms with Crippen LogP contribution in [-0.2, 0) is 9.53 Å². The van der Waals surface area contributed by atoms with Crippen molar-refractivity contribution in [2.24, 2.45) is 0 Å². The topological polar surface area (TPSA) is 64.6 Å². The molecule has 1 amide bonds. The Hall–Kier alpha value is -2.28. The predicted octanol–water partition coefficient (Wildman–Crippen LogP) is 5.79. The van der Waals surface area contributed by atoms with Gasteiger partial charge in [0.25, 0.3) is 5.91 Å². The molecular formula is C20H17Cl2NO4S. The molecule has 0 fully saturated rings. The van der Waals surface area contributed by atoms with Crippen LogP contribution in [0.1, 0.15) is 24.2 Å². The van der Waals surface area contributed by atoms with E-state index in [9.17, 15) is 9.59 Å². The van der Waals surface area contributed by atoms with E-state index in [0.717, 1.165) is 10.1 Å². The first-order chi connectivity index (χ1) is 13.4. The molecule has 0 aliphatic rings. The van der Waals surface area contributed by atoms with Gasteiger partial charge in [0.05, 0.1) is 11.6 Å². The summed E-state index contributed by atoms with van der Waals surface area (Å²) in [4.78, 5) is 25.1. The van der Waals surface area contributed by atoms with Gasteiger partial charge >= 0.3 is 5.97 Å². The highest BCUT2D eigenvalue weighted by molar-refractivity contribution is 7.23. The van der Waals surface area contributed by atoms with Gasteiger partial charge in [0.1, 0.15) is 16.3 Å². The number of rotatable bonds is 6. The average Bonchev–Trinajstić information content (AvgIpc) is 3.02. The molecule has 1 heterocycles. The number of amides is 1. The minimum absolute atomic E-state index is 0.241. The lowest BCUT2D eigenvalue weighted by molar-refractivity contribution is -0.122. The quantitative estimate of drug-likeness (QED) is 0.495. The van der Waals surface area contributed by atoms with Crippen LogP contribution in [0.25, 0.3) is 10.1 Å². The normalized spacial score (nSPS) is 11.9. The molecule has 5 nitrogen and oxygen atoms in total. The first-order valence-corrected chi connectivity index (χ1v) is 10.1. The number of carbonyl (C=O) groups is 2. The first-order valence-electron chi connectivity index (χ1n) is 8.52. The predicted molar refractivity (Wildman–Crippen MR) is 113 cm³/mol. The Morgan fingerprint density at radius 2 is 1.93 bits per heavy atom. The Morgan fingerprint density at radius 1 is 1.18 bits per heavy atom. The molecule has 2 aromatic carbocycles. The van der Waals surface area contributed by atoms with Crippen LogP contribution in [0.15, 0.2) is 42.5 Å². The van der Waals surface area contributed by atoms with Crippen LogP contribution in [0.2, 0.25) is 10.0 Å². The van der Waals surface area contributed by atoms with Crippen molar-refractivity contribution in [2.45, 2.75) is 20.0 Å². The third-order valence-electron chi connectivity index (χ3n) is 3.88. The zero-order chi connectivity index (χ0) is 20.3. The molecule has 0 bridgehead atoms. The standard InChI is InChI=1S/C20H17Cl2NO4S/c1-3-26-20(25)17-13-6-4-5-7-16(13)28-19(17)23-18(24)11(2)27-15-9-8-12(21)10-14(15)22/h4-11H,3H2,1-2H3,(H,23,24). The number of carbonyl (C=O) groups excluding carboxylic acids is 2. The van der Waals surface area contributed by atoms with Crippen LogP contribution < -0.4 is 10.1 Å². The molecule has 0 saturated carbocycles. The number of ether oxygens (including phenoxy) is 2. The van der Waals surface area contributed by atoms with Gasteiger partial charge in [-0.25, -0.2) is 4.79 Å². The molecule has 1 atom stereocenters. The number of hydrogen-bond acceptors (Lipinski definition) is 5. The SMILES string of the molecule is CCOC(=O)c1c(NC(=O)C(C)Oc2ccc(Cl)cc2Cl)sc2ccccc12. The van der Waals surface area contributed by atoms with Crippen molar-refractivity contribution in [1.82, 2.24) is 0 Å². The number of benzene rings is 2. The molecule has 146 valence electrons. The fourth-order valence-corrected chi connectivity index (χ4v) is 4.11. The molecule has 1 unspecified atom stereocenters. The van der Waals surface area contributed by atoms with Gasteiger partial charge in [0, 0.05) is 15.1 Å². The number of anilines is 1. The summed E-state index contributed by atoms with van der Waals surface area (Å²) in [6, 6.07) is 12.2. The minimum atomic E-state index is -0.848. The highest BCUT2D eigenvalue weighted by atomic mass is 35.5. The second-order valence-electron chi connectivity index (χ2n) is 5.85. The fraction of sp³-hybridized carbons (Fsp3) is 0.200. The van der Waals surface area contributed by atoms with Crippen LogP contribution in [0.3, 0.4) is 0 Å². The van der Waals surface area contributed by atoms with E-state index < -0.39 is 18.0 Å². The third kappa shape index (κ3) is 4.41. The summed E-state index contributed by atoms with van der Waals surface area (Å²) in [5.41, 5.74) is 0.340. The Labute approximate surface area is 176 Å². The van der Waals surface area contributed by atoms with E-state index in [1.165, 1.54) is 17.4 Å². The molecule has 0 radical (unpaired) electrons. The Kier molecular flexibility index (Phi) is 6.44. The summed E-state index contributed by atoms with van der Waals surface area (Å²) in [7, 11) is 0. The summed E-state index contributed by atoms with van der Waals surface area (Å²) in [6.45, 7) is 3.57. The van der Waals surface area contributed by atoms with Gasteiger partial charge in [-0.05, 0) is 38.1 Å². The van der Waals surface area contributed by atoms with Crippen molar-refractivity contribution in [3.05, 3.63) is 58.1 Å². The van der Waals surface area contributed by atoms with Gasteiger partial charge in [-0.1, -0.05) is 41.4 Å². The molecular weight excluding hydrogens is 421 g/mol. The summed E-state index contributed by atoms with van der Waals surface area (Å²) in [5.74, 6) is -0.552. The molecule has 0 aliphatic carbocycles. The number of nitrogens with one attached hydrogen (secondary N) is 1. The van der Waals surface area contributed by atoms with Gasteiger partial charge in [-0.2, -0.15) is 0 Å². The van der Waals surface area contributed by atoms with Crippen molar-refractivity contribution in [1.29, 1.82) is 0 Å². The lowest BCUT2D eigenvalue weighted by Gasteiger charge is -2.15. The number of halogens is 2. The van der Waals surface area contributed by atoms with Gasteiger partial charge in [0.15, 0.2) is 6.10 Å². The maximum atomic E-state index is 12.7.